The van der Waals surface area contributed by atoms with Crippen molar-refractivity contribution in [3.63, 3.8) is 0 Å². The van der Waals surface area contributed by atoms with Gasteiger partial charge in [0.1, 0.15) is 11.5 Å². The highest BCUT2D eigenvalue weighted by atomic mass is 35.5. The standard InChI is InChI=1S/C21H16ClNO5/c1-2-27-21(24)17-12-15(8-10-18(17)22)20-11-9-16(28-20)13-19(23(25)26)14-6-4-3-5-7-14/h3-13H,2H2,1H3. The summed E-state index contributed by atoms with van der Waals surface area (Å²) in [7, 11) is 0. The molecule has 1 aromatic heterocycles. The number of esters is 1. The molecule has 0 aliphatic rings. The van der Waals surface area contributed by atoms with Crippen LogP contribution in [0.4, 0.5) is 0 Å². The maximum atomic E-state index is 12.0. The summed E-state index contributed by atoms with van der Waals surface area (Å²) in [5.74, 6) is 0.239. The first kappa shape index (κ1) is 19.4. The maximum Gasteiger partial charge on any atom is 0.339 e. The fourth-order valence-corrected chi connectivity index (χ4v) is 2.81. The molecule has 28 heavy (non-hydrogen) atoms. The predicted molar refractivity (Wildman–Crippen MR) is 106 cm³/mol. The second-order valence-electron chi connectivity index (χ2n) is 5.77. The quantitative estimate of drug-likeness (QED) is 0.309. The molecule has 0 spiro atoms. The number of rotatable bonds is 6. The molecule has 0 N–H and O–H groups in total. The first-order valence-corrected chi connectivity index (χ1v) is 8.85. The number of ether oxygens (including phenoxy) is 1. The minimum atomic E-state index is -0.527. The van der Waals surface area contributed by atoms with Gasteiger partial charge in [-0.15, -0.1) is 0 Å². The zero-order valence-electron chi connectivity index (χ0n) is 14.9. The topological polar surface area (TPSA) is 82.6 Å². The van der Waals surface area contributed by atoms with Crippen molar-refractivity contribution in [3.05, 3.63) is 92.7 Å². The van der Waals surface area contributed by atoms with Crippen LogP contribution in [0.15, 0.2) is 65.1 Å². The molecule has 0 bridgehead atoms. The lowest BCUT2D eigenvalue weighted by molar-refractivity contribution is -0.374. The molecule has 0 atom stereocenters. The Bertz CT molecular complexity index is 1040. The minimum Gasteiger partial charge on any atom is -0.462 e. The van der Waals surface area contributed by atoms with E-state index in [-0.39, 0.29) is 22.9 Å². The van der Waals surface area contributed by atoms with Crippen LogP contribution >= 0.6 is 11.6 Å². The lowest BCUT2D eigenvalue weighted by Gasteiger charge is -2.06. The summed E-state index contributed by atoms with van der Waals surface area (Å²) in [4.78, 5) is 23.0. The van der Waals surface area contributed by atoms with Crippen molar-refractivity contribution in [1.82, 2.24) is 0 Å². The number of carbonyl (C=O) groups is 1. The van der Waals surface area contributed by atoms with Gasteiger partial charge in [-0.2, -0.15) is 0 Å². The molecule has 3 rings (SSSR count). The van der Waals surface area contributed by atoms with Crippen molar-refractivity contribution in [2.45, 2.75) is 6.92 Å². The van der Waals surface area contributed by atoms with Gasteiger partial charge in [-0.1, -0.05) is 29.8 Å². The number of nitro groups is 1. The van der Waals surface area contributed by atoms with Gasteiger partial charge in [0.2, 0.25) is 0 Å². The van der Waals surface area contributed by atoms with Crippen molar-refractivity contribution in [1.29, 1.82) is 0 Å². The third-order valence-corrected chi connectivity index (χ3v) is 4.25. The average molecular weight is 398 g/mol. The lowest BCUT2D eigenvalue weighted by Crippen LogP contribution is -2.05. The summed E-state index contributed by atoms with van der Waals surface area (Å²) < 4.78 is 10.7. The lowest BCUT2D eigenvalue weighted by atomic mass is 10.1. The van der Waals surface area contributed by atoms with E-state index in [1.54, 1.807) is 67.6 Å². The van der Waals surface area contributed by atoms with E-state index in [0.717, 1.165) is 0 Å². The monoisotopic (exact) mass is 397 g/mol. The summed E-state index contributed by atoms with van der Waals surface area (Å²) in [5.41, 5.74) is 1.23. The van der Waals surface area contributed by atoms with E-state index in [4.69, 9.17) is 20.8 Å². The van der Waals surface area contributed by atoms with Crippen molar-refractivity contribution in [3.8, 4) is 11.3 Å². The van der Waals surface area contributed by atoms with E-state index in [1.807, 2.05) is 0 Å². The summed E-state index contributed by atoms with van der Waals surface area (Å²) >= 11 is 6.08. The Morgan fingerprint density at radius 2 is 1.93 bits per heavy atom. The van der Waals surface area contributed by atoms with Crippen molar-refractivity contribution >= 4 is 29.3 Å². The predicted octanol–water partition coefficient (Wildman–Crippen LogP) is 5.55. The fourth-order valence-electron chi connectivity index (χ4n) is 2.61. The molecule has 1 heterocycles. The van der Waals surface area contributed by atoms with Crippen molar-refractivity contribution in [2.24, 2.45) is 0 Å². The molecule has 0 saturated heterocycles. The number of nitrogens with zero attached hydrogens (tertiary/aromatic N) is 1. The molecule has 0 unspecified atom stereocenters. The Balaban J connectivity index is 1.95. The van der Waals surface area contributed by atoms with Gasteiger partial charge in [-0.05, 0) is 49.4 Å². The van der Waals surface area contributed by atoms with Gasteiger partial charge in [0.25, 0.3) is 5.70 Å². The molecule has 0 radical (unpaired) electrons. The zero-order chi connectivity index (χ0) is 20.1. The Kier molecular flexibility index (Phi) is 5.91. The van der Waals surface area contributed by atoms with Crippen LogP contribution in [0.25, 0.3) is 23.1 Å². The minimum absolute atomic E-state index is 0.0789. The maximum absolute atomic E-state index is 12.0. The largest absolute Gasteiger partial charge is 0.462 e. The average Bonchev–Trinajstić information content (AvgIpc) is 3.16. The molecule has 0 amide bonds. The van der Waals surface area contributed by atoms with Crippen LogP contribution in [-0.2, 0) is 4.74 Å². The van der Waals surface area contributed by atoms with Crippen LogP contribution in [0.3, 0.4) is 0 Å². The summed E-state index contributed by atoms with van der Waals surface area (Å²) in [6.07, 6.45) is 1.36. The van der Waals surface area contributed by atoms with Gasteiger partial charge in [-0.3, -0.25) is 10.1 Å². The van der Waals surface area contributed by atoms with Crippen LogP contribution in [0.1, 0.15) is 28.6 Å². The first-order chi connectivity index (χ1) is 13.5. The molecule has 0 fully saturated rings. The number of hydrogen-bond donors (Lipinski definition) is 0. The summed E-state index contributed by atoms with van der Waals surface area (Å²) in [6.45, 7) is 1.94. The van der Waals surface area contributed by atoms with E-state index in [9.17, 15) is 14.9 Å². The highest BCUT2D eigenvalue weighted by Crippen LogP contribution is 2.29. The Labute approximate surface area is 166 Å². The van der Waals surface area contributed by atoms with E-state index in [0.29, 0.717) is 22.6 Å². The van der Waals surface area contributed by atoms with E-state index in [2.05, 4.69) is 0 Å². The van der Waals surface area contributed by atoms with Crippen LogP contribution < -0.4 is 0 Å². The Morgan fingerprint density at radius 3 is 2.61 bits per heavy atom. The summed E-state index contributed by atoms with van der Waals surface area (Å²) in [6, 6.07) is 16.7. The van der Waals surface area contributed by atoms with Gasteiger partial charge in [0, 0.05) is 5.56 Å². The van der Waals surface area contributed by atoms with Crippen molar-refractivity contribution in [2.75, 3.05) is 6.61 Å². The molecule has 0 aliphatic heterocycles. The molecule has 0 aliphatic carbocycles. The van der Waals surface area contributed by atoms with Crippen LogP contribution in [0.5, 0.6) is 0 Å². The molecular weight excluding hydrogens is 382 g/mol. The van der Waals surface area contributed by atoms with E-state index < -0.39 is 10.9 Å². The van der Waals surface area contributed by atoms with Gasteiger partial charge < -0.3 is 9.15 Å². The van der Waals surface area contributed by atoms with Crippen LogP contribution in [-0.4, -0.2) is 17.5 Å². The second kappa shape index (κ2) is 8.54. The fraction of sp³-hybridized carbons (Fsp3) is 0.0952. The number of benzene rings is 2. The van der Waals surface area contributed by atoms with Gasteiger partial charge in [0.15, 0.2) is 0 Å². The Hall–Kier alpha value is -3.38. The smallest absolute Gasteiger partial charge is 0.339 e. The number of halogens is 1. The molecule has 2 aromatic carbocycles. The Morgan fingerprint density at radius 1 is 1.18 bits per heavy atom. The van der Waals surface area contributed by atoms with Gasteiger partial charge in [0.05, 0.1) is 33.8 Å². The molecular formula is C21H16ClNO5. The molecule has 7 heteroatoms. The second-order valence-corrected chi connectivity index (χ2v) is 6.18. The van der Waals surface area contributed by atoms with E-state index in [1.165, 1.54) is 6.08 Å². The molecule has 3 aromatic rings. The normalized spacial score (nSPS) is 11.3. The zero-order valence-corrected chi connectivity index (χ0v) is 15.7. The van der Waals surface area contributed by atoms with Gasteiger partial charge in [-0.25, -0.2) is 4.79 Å². The number of carbonyl (C=O) groups excluding carboxylic acids is 1. The first-order valence-electron chi connectivity index (χ1n) is 8.48. The van der Waals surface area contributed by atoms with Crippen molar-refractivity contribution < 1.29 is 18.9 Å². The molecule has 6 nitrogen and oxygen atoms in total. The third-order valence-electron chi connectivity index (χ3n) is 3.92. The SMILES string of the molecule is CCOC(=O)c1cc(-c2ccc(C=C(c3ccccc3)[N+](=O)[O-])o2)ccc1Cl. The number of furan rings is 1. The summed E-state index contributed by atoms with van der Waals surface area (Å²) in [5, 5.41) is 11.7. The molecule has 0 saturated carbocycles. The van der Waals surface area contributed by atoms with Crippen LogP contribution in [0.2, 0.25) is 5.02 Å². The van der Waals surface area contributed by atoms with Crippen LogP contribution in [0, 0.1) is 10.1 Å². The highest BCUT2D eigenvalue weighted by molar-refractivity contribution is 6.33. The highest BCUT2D eigenvalue weighted by Gasteiger charge is 2.17. The molecule has 142 valence electrons. The number of hydrogen-bond acceptors (Lipinski definition) is 5. The van der Waals surface area contributed by atoms with Gasteiger partial charge >= 0.3 is 5.97 Å². The third kappa shape index (κ3) is 4.29. The van der Waals surface area contributed by atoms with E-state index >= 15 is 0 Å².